The minimum atomic E-state index is 0.625. The van der Waals surface area contributed by atoms with Gasteiger partial charge in [0.1, 0.15) is 5.69 Å². The largest absolute Gasteiger partial charge is 0.197 e. The molecular formula is C16H11N5. The van der Waals surface area contributed by atoms with Crippen molar-refractivity contribution < 1.29 is 0 Å². The summed E-state index contributed by atoms with van der Waals surface area (Å²) in [5.74, 6) is 0. The van der Waals surface area contributed by atoms with Gasteiger partial charge in [-0.05, 0) is 24.3 Å². The SMILES string of the molecule is N#Cc1cccc(-c2cn[nH]n2)c1.N#Cc1ccccc1. The number of hydrogen-bond donors (Lipinski definition) is 1. The van der Waals surface area contributed by atoms with Gasteiger partial charge in [0.25, 0.3) is 0 Å². The van der Waals surface area contributed by atoms with Gasteiger partial charge in [0, 0.05) is 5.56 Å². The van der Waals surface area contributed by atoms with E-state index in [9.17, 15) is 0 Å². The molecular weight excluding hydrogens is 262 g/mol. The third kappa shape index (κ3) is 4.02. The fraction of sp³-hybridized carbons (Fsp3) is 0. The zero-order valence-corrected chi connectivity index (χ0v) is 11.1. The summed E-state index contributed by atoms with van der Waals surface area (Å²) < 4.78 is 0. The molecule has 0 saturated carbocycles. The first-order valence-corrected chi connectivity index (χ1v) is 6.15. The molecule has 3 rings (SSSR count). The molecule has 100 valence electrons. The maximum Gasteiger partial charge on any atom is 0.112 e. The molecule has 0 radical (unpaired) electrons. The van der Waals surface area contributed by atoms with Crippen LogP contribution in [0.15, 0.2) is 60.8 Å². The topological polar surface area (TPSA) is 89.2 Å². The highest BCUT2D eigenvalue weighted by atomic mass is 15.3. The third-order valence-corrected chi connectivity index (χ3v) is 2.61. The number of nitrogens with one attached hydrogen (secondary N) is 1. The van der Waals surface area contributed by atoms with E-state index in [1.54, 1.807) is 30.5 Å². The molecule has 5 nitrogen and oxygen atoms in total. The monoisotopic (exact) mass is 273 g/mol. The van der Waals surface area contributed by atoms with E-state index in [1.165, 1.54) is 0 Å². The van der Waals surface area contributed by atoms with E-state index in [-0.39, 0.29) is 0 Å². The Morgan fingerprint density at radius 3 is 2.14 bits per heavy atom. The maximum atomic E-state index is 8.67. The van der Waals surface area contributed by atoms with Crippen molar-refractivity contribution in [3.8, 4) is 23.4 Å². The van der Waals surface area contributed by atoms with Crippen LogP contribution in [0.2, 0.25) is 0 Å². The second-order valence-corrected chi connectivity index (χ2v) is 4.03. The number of nitrogens with zero attached hydrogens (tertiary/aromatic N) is 4. The summed E-state index contributed by atoms with van der Waals surface area (Å²) in [7, 11) is 0. The van der Waals surface area contributed by atoms with Crippen molar-refractivity contribution in [1.82, 2.24) is 15.4 Å². The van der Waals surface area contributed by atoms with Gasteiger partial charge in [0.2, 0.25) is 0 Å². The lowest BCUT2D eigenvalue weighted by atomic mass is 10.1. The van der Waals surface area contributed by atoms with Crippen molar-refractivity contribution in [2.24, 2.45) is 0 Å². The van der Waals surface area contributed by atoms with Crippen molar-refractivity contribution in [2.75, 3.05) is 0 Å². The Bertz CT molecular complexity index is 764. The average Bonchev–Trinajstić information content (AvgIpc) is 3.11. The molecule has 0 amide bonds. The molecule has 1 aromatic heterocycles. The Kier molecular flexibility index (Phi) is 4.81. The highest BCUT2D eigenvalue weighted by Gasteiger charge is 2.00. The summed E-state index contributed by atoms with van der Waals surface area (Å²) in [6.45, 7) is 0. The molecule has 5 heteroatoms. The lowest BCUT2D eigenvalue weighted by molar-refractivity contribution is 0.942. The molecule has 1 N–H and O–H groups in total. The number of rotatable bonds is 1. The Labute approximate surface area is 122 Å². The zero-order valence-electron chi connectivity index (χ0n) is 11.1. The van der Waals surface area contributed by atoms with E-state index in [4.69, 9.17) is 10.5 Å². The Morgan fingerprint density at radius 2 is 1.57 bits per heavy atom. The van der Waals surface area contributed by atoms with Crippen LogP contribution in [0.1, 0.15) is 11.1 Å². The van der Waals surface area contributed by atoms with Gasteiger partial charge in [-0.25, -0.2) is 0 Å². The molecule has 0 spiro atoms. The first-order chi connectivity index (χ1) is 10.3. The second kappa shape index (κ2) is 7.22. The molecule has 1 heterocycles. The summed E-state index contributed by atoms with van der Waals surface area (Å²) in [5.41, 5.74) is 2.98. The van der Waals surface area contributed by atoms with E-state index in [2.05, 4.69) is 21.5 Å². The van der Waals surface area contributed by atoms with Gasteiger partial charge in [-0.15, -0.1) is 0 Å². The molecule has 0 saturated heterocycles. The van der Waals surface area contributed by atoms with Crippen LogP contribution in [-0.4, -0.2) is 15.4 Å². The molecule has 0 aliphatic heterocycles. The van der Waals surface area contributed by atoms with Crippen LogP contribution < -0.4 is 0 Å². The third-order valence-electron chi connectivity index (χ3n) is 2.61. The summed E-state index contributed by atoms with van der Waals surface area (Å²) >= 11 is 0. The predicted octanol–water partition coefficient (Wildman–Crippen LogP) is 2.90. The van der Waals surface area contributed by atoms with Crippen LogP contribution in [-0.2, 0) is 0 Å². The van der Waals surface area contributed by atoms with Gasteiger partial charge >= 0.3 is 0 Å². The molecule has 0 aliphatic carbocycles. The predicted molar refractivity (Wildman–Crippen MR) is 77.7 cm³/mol. The molecule has 21 heavy (non-hydrogen) atoms. The van der Waals surface area contributed by atoms with Gasteiger partial charge in [0.05, 0.1) is 29.5 Å². The molecule has 0 aliphatic rings. The fourth-order valence-corrected chi connectivity index (χ4v) is 1.60. The van der Waals surface area contributed by atoms with Gasteiger partial charge in [-0.1, -0.05) is 30.3 Å². The van der Waals surface area contributed by atoms with Crippen LogP contribution in [0.25, 0.3) is 11.3 Å². The Morgan fingerprint density at radius 1 is 0.857 bits per heavy atom. The quantitative estimate of drug-likeness (QED) is 0.738. The lowest BCUT2D eigenvalue weighted by Crippen LogP contribution is -1.79. The van der Waals surface area contributed by atoms with E-state index in [1.807, 2.05) is 36.4 Å². The normalized spacial score (nSPS) is 8.86. The summed E-state index contributed by atoms with van der Waals surface area (Å²) in [5, 5.41) is 27.1. The first-order valence-electron chi connectivity index (χ1n) is 6.15. The van der Waals surface area contributed by atoms with Crippen molar-refractivity contribution in [1.29, 1.82) is 10.5 Å². The van der Waals surface area contributed by atoms with Crippen LogP contribution in [0, 0.1) is 22.7 Å². The highest BCUT2D eigenvalue weighted by Crippen LogP contribution is 2.15. The molecule has 0 unspecified atom stereocenters. The molecule has 2 aromatic carbocycles. The van der Waals surface area contributed by atoms with Gasteiger partial charge < -0.3 is 0 Å². The standard InChI is InChI=1S/C9H6N4.C7H5N/c10-5-7-2-1-3-8(4-7)9-6-11-13-12-9;8-6-7-4-2-1-3-5-7/h1-4,6H,(H,11,12,13);1-5H. The second-order valence-electron chi connectivity index (χ2n) is 4.03. The minimum absolute atomic E-state index is 0.625. The van der Waals surface area contributed by atoms with E-state index >= 15 is 0 Å². The Hall–Kier alpha value is -3.44. The highest BCUT2D eigenvalue weighted by molar-refractivity contribution is 5.59. The smallest absolute Gasteiger partial charge is 0.112 e. The zero-order chi connectivity index (χ0) is 14.9. The van der Waals surface area contributed by atoms with Gasteiger partial charge in [0.15, 0.2) is 0 Å². The number of H-pyrrole nitrogens is 1. The molecule has 0 fully saturated rings. The lowest BCUT2D eigenvalue weighted by Gasteiger charge is -1.94. The number of benzene rings is 2. The minimum Gasteiger partial charge on any atom is -0.197 e. The number of hydrogen-bond acceptors (Lipinski definition) is 4. The first kappa shape index (κ1) is 14.0. The van der Waals surface area contributed by atoms with Crippen molar-refractivity contribution >= 4 is 0 Å². The maximum absolute atomic E-state index is 8.67. The van der Waals surface area contributed by atoms with Gasteiger partial charge in [-0.3, -0.25) is 0 Å². The molecule has 0 atom stereocenters. The van der Waals surface area contributed by atoms with E-state index in [0.29, 0.717) is 11.1 Å². The van der Waals surface area contributed by atoms with Crippen LogP contribution in [0.3, 0.4) is 0 Å². The number of aromatic nitrogens is 3. The fourth-order valence-electron chi connectivity index (χ4n) is 1.60. The van der Waals surface area contributed by atoms with Gasteiger partial charge in [-0.2, -0.15) is 25.9 Å². The average molecular weight is 273 g/mol. The van der Waals surface area contributed by atoms with E-state index < -0.39 is 0 Å². The van der Waals surface area contributed by atoms with E-state index in [0.717, 1.165) is 11.3 Å². The number of aromatic amines is 1. The summed E-state index contributed by atoms with van der Waals surface area (Å²) in [4.78, 5) is 0. The van der Waals surface area contributed by atoms with Crippen LogP contribution in [0.4, 0.5) is 0 Å². The molecule has 3 aromatic rings. The van der Waals surface area contributed by atoms with Crippen molar-refractivity contribution in [3.05, 3.63) is 71.9 Å². The van der Waals surface area contributed by atoms with Crippen LogP contribution in [0.5, 0.6) is 0 Å². The summed E-state index contributed by atoms with van der Waals surface area (Å²) in [6.07, 6.45) is 1.62. The van der Waals surface area contributed by atoms with Crippen molar-refractivity contribution in [3.63, 3.8) is 0 Å². The van der Waals surface area contributed by atoms with Crippen molar-refractivity contribution in [2.45, 2.75) is 0 Å². The Balaban J connectivity index is 0.000000173. The molecule has 0 bridgehead atoms. The summed E-state index contributed by atoms with van der Waals surface area (Å²) in [6, 6.07) is 20.5. The number of nitriles is 2. The van der Waals surface area contributed by atoms with Crippen LogP contribution >= 0.6 is 0 Å².